The van der Waals surface area contributed by atoms with Crippen LogP contribution >= 0.6 is 0 Å². The minimum absolute atomic E-state index is 0.0291. The average molecular weight is 806 g/mol. The molecule has 0 fully saturated rings. The van der Waals surface area contributed by atoms with Crippen molar-refractivity contribution in [3.63, 3.8) is 0 Å². The number of rotatable bonds is 4. The first-order valence-corrected chi connectivity index (χ1v) is 21.8. The Morgan fingerprint density at radius 2 is 1.08 bits per heavy atom. The fourth-order valence-corrected chi connectivity index (χ4v) is 10.0. The van der Waals surface area contributed by atoms with Crippen LogP contribution in [0.2, 0.25) is 0 Å². The quantitative estimate of drug-likeness (QED) is 0.175. The smallest absolute Gasteiger partial charge is 0.160 e. The summed E-state index contributed by atoms with van der Waals surface area (Å²) >= 11 is 0. The Kier molecular flexibility index (Phi) is 7.91. The van der Waals surface area contributed by atoms with Gasteiger partial charge in [0.05, 0.1) is 28.1 Å². The lowest BCUT2D eigenvalue weighted by atomic mass is 9.90. The number of aromatic nitrogens is 1. The molecule has 0 bridgehead atoms. The van der Waals surface area contributed by atoms with E-state index in [2.05, 4.69) is 212 Å². The van der Waals surface area contributed by atoms with Crippen LogP contribution in [0.3, 0.4) is 0 Å². The second-order valence-electron chi connectivity index (χ2n) is 17.0. The zero-order chi connectivity index (χ0) is 41.6. The van der Waals surface area contributed by atoms with Gasteiger partial charge in [0.2, 0.25) is 0 Å². The summed E-state index contributed by atoms with van der Waals surface area (Å²) in [5.74, 6) is 0.712. The molecule has 13 rings (SSSR count). The monoisotopic (exact) mass is 805 g/mol. The van der Waals surface area contributed by atoms with E-state index < -0.39 is 0 Å². The van der Waals surface area contributed by atoms with Gasteiger partial charge < -0.3 is 8.98 Å². The van der Waals surface area contributed by atoms with Crippen molar-refractivity contribution in [2.45, 2.75) is 13.3 Å². The van der Waals surface area contributed by atoms with Gasteiger partial charge >= 0.3 is 0 Å². The highest BCUT2D eigenvalue weighted by Gasteiger charge is 2.25. The first-order chi connectivity index (χ1) is 31.1. The molecule has 3 heterocycles. The maximum Gasteiger partial charge on any atom is 0.160 e. The molecule has 0 saturated heterocycles. The van der Waals surface area contributed by atoms with Crippen LogP contribution in [0.1, 0.15) is 30.0 Å². The largest absolute Gasteiger partial charge is 0.456 e. The minimum atomic E-state index is 0.0291. The summed E-state index contributed by atoms with van der Waals surface area (Å²) in [5, 5.41) is 14.1. The molecule has 0 N–H and O–H groups in total. The van der Waals surface area contributed by atoms with Gasteiger partial charge in [-0.2, -0.15) is 0 Å². The van der Waals surface area contributed by atoms with Gasteiger partial charge in [0.25, 0.3) is 0 Å². The molecule has 4 heteroatoms. The van der Waals surface area contributed by atoms with E-state index in [9.17, 15) is 0 Å². The van der Waals surface area contributed by atoms with Gasteiger partial charge in [-0.25, -0.2) is 9.98 Å². The molecule has 296 valence electrons. The van der Waals surface area contributed by atoms with Crippen molar-refractivity contribution in [2.24, 2.45) is 15.9 Å². The second-order valence-corrected chi connectivity index (χ2v) is 17.0. The van der Waals surface area contributed by atoms with E-state index in [4.69, 9.17) is 14.4 Å². The summed E-state index contributed by atoms with van der Waals surface area (Å²) in [6, 6.07) is 69.9. The minimum Gasteiger partial charge on any atom is -0.456 e. The summed E-state index contributed by atoms with van der Waals surface area (Å²) in [4.78, 5) is 11.3. The molecule has 12 aromatic rings. The van der Waals surface area contributed by atoms with Crippen molar-refractivity contribution in [1.29, 1.82) is 0 Å². The molecular weight excluding hydrogens is 767 g/mol. The first-order valence-electron chi connectivity index (χ1n) is 21.8. The number of para-hydroxylation sites is 1. The Balaban J connectivity index is 1.11. The van der Waals surface area contributed by atoms with Crippen LogP contribution in [0, 0.1) is 5.92 Å². The third kappa shape index (κ3) is 5.76. The fraction of sp³-hybridized carbons (Fsp3) is 0.0508. The summed E-state index contributed by atoms with van der Waals surface area (Å²) in [6.07, 6.45) is 3.06. The molecule has 1 aliphatic rings. The normalized spacial score (nSPS) is 15.6. The van der Waals surface area contributed by atoms with E-state index in [0.29, 0.717) is 5.84 Å². The van der Waals surface area contributed by atoms with Crippen molar-refractivity contribution in [3.05, 3.63) is 217 Å². The molecule has 0 saturated carbocycles. The first kappa shape index (κ1) is 35.7. The molecule has 1 aliphatic heterocycles. The van der Waals surface area contributed by atoms with E-state index >= 15 is 0 Å². The maximum absolute atomic E-state index is 6.85. The van der Waals surface area contributed by atoms with E-state index in [1.807, 2.05) is 0 Å². The Bertz CT molecular complexity index is 3970. The molecule has 63 heavy (non-hydrogen) atoms. The van der Waals surface area contributed by atoms with E-state index in [-0.39, 0.29) is 5.92 Å². The van der Waals surface area contributed by atoms with Crippen molar-refractivity contribution >= 4 is 104 Å². The van der Waals surface area contributed by atoms with Gasteiger partial charge in [-0.05, 0) is 80.5 Å². The number of amidine groups is 1. The third-order valence-corrected chi connectivity index (χ3v) is 13.2. The van der Waals surface area contributed by atoms with Crippen LogP contribution in [0.4, 0.5) is 0 Å². The van der Waals surface area contributed by atoms with Crippen LogP contribution in [-0.2, 0) is 0 Å². The highest BCUT2D eigenvalue weighted by Crippen LogP contribution is 2.42. The summed E-state index contributed by atoms with van der Waals surface area (Å²) in [6.45, 7) is 2.30. The Morgan fingerprint density at radius 1 is 0.476 bits per heavy atom. The van der Waals surface area contributed by atoms with Crippen LogP contribution in [0.5, 0.6) is 0 Å². The number of aliphatic imine (C=N–C) groups is 2. The van der Waals surface area contributed by atoms with E-state index in [1.165, 1.54) is 54.0 Å². The zero-order valence-corrected chi connectivity index (χ0v) is 34.6. The number of allylic oxidation sites excluding steroid dienone is 1. The number of furan rings is 1. The highest BCUT2D eigenvalue weighted by atomic mass is 16.3. The van der Waals surface area contributed by atoms with Gasteiger partial charge in [0.15, 0.2) is 5.84 Å². The average Bonchev–Trinajstić information content (AvgIpc) is 3.87. The van der Waals surface area contributed by atoms with Crippen LogP contribution in [0.15, 0.2) is 215 Å². The molecule has 0 spiro atoms. The Labute approximate surface area is 363 Å². The van der Waals surface area contributed by atoms with Crippen molar-refractivity contribution in [2.75, 3.05) is 0 Å². The van der Waals surface area contributed by atoms with Crippen molar-refractivity contribution < 1.29 is 4.42 Å². The van der Waals surface area contributed by atoms with Gasteiger partial charge in [0, 0.05) is 55.6 Å². The molecule has 0 aliphatic carbocycles. The lowest BCUT2D eigenvalue weighted by molar-refractivity contribution is 0.668. The molecule has 0 amide bonds. The summed E-state index contributed by atoms with van der Waals surface area (Å²) in [7, 11) is 0. The Morgan fingerprint density at radius 3 is 1.84 bits per heavy atom. The molecule has 0 radical (unpaired) electrons. The predicted molar refractivity (Wildman–Crippen MR) is 266 cm³/mol. The molecule has 1 unspecified atom stereocenters. The number of hydrogen-bond donors (Lipinski definition) is 0. The van der Waals surface area contributed by atoms with Crippen molar-refractivity contribution in [1.82, 2.24) is 4.57 Å². The van der Waals surface area contributed by atoms with Crippen LogP contribution < -0.4 is 0 Å². The predicted octanol–water partition coefficient (Wildman–Crippen LogP) is 15.6. The summed E-state index contributed by atoms with van der Waals surface area (Å²) in [5.41, 5.74) is 10.0. The standard InChI is InChI=1S/C59H39N3O/c1-36-22-29-52(44-25-23-37-12-2-4-15-40(37)30-44)60-59(45-26-24-38-13-3-5-16-41(38)31-45)61-57(36)51-34-46(35-55-56(51)49-20-10-11-21-54(49)63-55)62-53-33-43-18-7-6-17-42(43)32-50(53)48-28-27-39-14-8-9-19-47(39)58(48)62/h2-21,23-36H,22H2,1H3/b52-29+,60-59?,61-57?. The molecule has 4 nitrogen and oxygen atoms in total. The van der Waals surface area contributed by atoms with Crippen LogP contribution in [-0.4, -0.2) is 16.1 Å². The van der Waals surface area contributed by atoms with Crippen molar-refractivity contribution in [3.8, 4) is 5.69 Å². The molecular formula is C59H39N3O. The highest BCUT2D eigenvalue weighted by molar-refractivity contribution is 6.25. The Hall–Kier alpha value is -8.08. The number of benzene rings is 10. The van der Waals surface area contributed by atoms with Gasteiger partial charge in [-0.15, -0.1) is 0 Å². The van der Waals surface area contributed by atoms with Gasteiger partial charge in [0.1, 0.15) is 11.2 Å². The molecule has 1 atom stereocenters. The van der Waals surface area contributed by atoms with Gasteiger partial charge in [-0.1, -0.05) is 165 Å². The second kappa shape index (κ2) is 14.0. The SMILES string of the molecule is CC1C/C=C(\c2ccc3ccccc3c2)N=C(c2ccc3ccccc3c2)N=C1c1cc(-n2c3cc4ccccc4cc3c3ccc4ccccc4c32)cc2oc3ccccc3c12. The zero-order valence-electron chi connectivity index (χ0n) is 34.6. The van der Waals surface area contributed by atoms with Gasteiger partial charge in [-0.3, -0.25) is 0 Å². The lowest BCUT2D eigenvalue weighted by Crippen LogP contribution is -2.18. The van der Waals surface area contributed by atoms with E-state index in [0.717, 1.165) is 73.0 Å². The molecule has 2 aromatic heterocycles. The summed E-state index contributed by atoms with van der Waals surface area (Å²) < 4.78 is 9.31. The fourth-order valence-electron chi connectivity index (χ4n) is 10.0. The van der Waals surface area contributed by atoms with E-state index in [1.54, 1.807) is 0 Å². The number of fused-ring (bicyclic) bond motifs is 11. The maximum atomic E-state index is 6.85. The number of nitrogens with zero attached hydrogens (tertiary/aromatic N) is 3. The van der Waals surface area contributed by atoms with Crippen LogP contribution in [0.25, 0.3) is 98.2 Å². The number of hydrogen-bond acceptors (Lipinski definition) is 3. The topological polar surface area (TPSA) is 42.8 Å². The third-order valence-electron chi connectivity index (χ3n) is 13.2. The lowest BCUT2D eigenvalue weighted by Gasteiger charge is -2.20. The molecule has 10 aromatic carbocycles.